The van der Waals surface area contributed by atoms with E-state index in [0.717, 1.165) is 5.75 Å². The van der Waals surface area contributed by atoms with Gasteiger partial charge in [-0.15, -0.1) is 11.8 Å². The summed E-state index contributed by atoms with van der Waals surface area (Å²) in [6.07, 6.45) is 0. The first-order valence-electron chi connectivity index (χ1n) is 6.39. The predicted molar refractivity (Wildman–Crippen MR) is 77.7 cm³/mol. The minimum atomic E-state index is 0.275. The number of thioether (sulfide) groups is 1. The molecule has 0 aromatic heterocycles. The first-order chi connectivity index (χ1) is 7.95. The van der Waals surface area contributed by atoms with E-state index in [1.165, 1.54) is 16.7 Å². The summed E-state index contributed by atoms with van der Waals surface area (Å²) in [6, 6.07) is 7.46. The fourth-order valence-electron chi connectivity index (χ4n) is 2.60. The molecule has 0 fully saturated rings. The molecule has 1 aromatic carbocycles. The van der Waals surface area contributed by atoms with Crippen molar-refractivity contribution in [3.05, 3.63) is 34.9 Å². The minimum Gasteiger partial charge on any atom is -0.312 e. The maximum Gasteiger partial charge on any atom is 0.0464 e. The van der Waals surface area contributed by atoms with E-state index in [9.17, 15) is 0 Å². The third-order valence-electron chi connectivity index (χ3n) is 3.73. The van der Waals surface area contributed by atoms with Crippen LogP contribution in [-0.2, 0) is 5.75 Å². The third-order valence-corrected chi connectivity index (χ3v) is 5.17. The molecule has 1 heterocycles. The van der Waals surface area contributed by atoms with Gasteiger partial charge in [0.2, 0.25) is 0 Å². The van der Waals surface area contributed by atoms with Crippen LogP contribution in [0.3, 0.4) is 0 Å². The second-order valence-electron chi connectivity index (χ2n) is 5.73. The lowest BCUT2D eigenvalue weighted by Gasteiger charge is -2.39. The Kier molecular flexibility index (Phi) is 3.55. The van der Waals surface area contributed by atoms with Gasteiger partial charge in [-0.05, 0) is 43.5 Å². The van der Waals surface area contributed by atoms with Gasteiger partial charge in [0.1, 0.15) is 0 Å². The first kappa shape index (κ1) is 13.0. The van der Waals surface area contributed by atoms with Crippen LogP contribution >= 0.6 is 11.8 Å². The zero-order chi connectivity index (χ0) is 12.6. The number of rotatable bonds is 2. The topological polar surface area (TPSA) is 12.0 Å². The molecular formula is C15H23NS. The molecule has 2 heteroatoms. The molecule has 17 heavy (non-hydrogen) atoms. The molecule has 1 atom stereocenters. The smallest absolute Gasteiger partial charge is 0.0464 e. The second-order valence-corrected chi connectivity index (χ2v) is 7.36. The molecule has 1 aliphatic rings. The summed E-state index contributed by atoms with van der Waals surface area (Å²) in [5.74, 6) is 1.74. The van der Waals surface area contributed by atoms with Crippen molar-refractivity contribution >= 4 is 11.8 Å². The molecule has 1 N–H and O–H groups in total. The van der Waals surface area contributed by atoms with Gasteiger partial charge < -0.3 is 5.32 Å². The number of fused-ring (bicyclic) bond motifs is 1. The zero-order valence-corrected chi connectivity index (χ0v) is 12.3. The number of nitrogens with one attached hydrogen (secondary N) is 1. The van der Waals surface area contributed by atoms with Crippen LogP contribution in [0.25, 0.3) is 0 Å². The summed E-state index contributed by atoms with van der Waals surface area (Å²) < 4.78 is 0.275. The van der Waals surface area contributed by atoms with Gasteiger partial charge in [0.15, 0.2) is 0 Å². The van der Waals surface area contributed by atoms with E-state index in [4.69, 9.17) is 0 Å². The number of hydrogen-bond acceptors (Lipinski definition) is 2. The maximum atomic E-state index is 3.50. The Bertz CT molecular complexity index is 409. The molecule has 0 bridgehead atoms. The minimum absolute atomic E-state index is 0.275. The molecule has 1 nitrogen and oxygen atoms in total. The molecule has 1 unspecified atom stereocenters. The average Bonchev–Trinajstić information content (AvgIpc) is 2.27. The first-order valence-corrected chi connectivity index (χ1v) is 7.38. The zero-order valence-electron chi connectivity index (χ0n) is 11.5. The largest absolute Gasteiger partial charge is 0.312 e. The predicted octanol–water partition coefficient (Wildman–Crippen LogP) is 4.10. The second kappa shape index (κ2) is 4.66. The summed E-state index contributed by atoms with van der Waals surface area (Å²) in [6.45, 7) is 9.20. The van der Waals surface area contributed by atoms with E-state index in [1.807, 2.05) is 11.8 Å². The van der Waals surface area contributed by atoms with Gasteiger partial charge in [-0.3, -0.25) is 0 Å². The molecule has 2 rings (SSSR count). The Hall–Kier alpha value is -0.470. The van der Waals surface area contributed by atoms with E-state index in [0.29, 0.717) is 12.0 Å². The summed E-state index contributed by atoms with van der Waals surface area (Å²) in [5, 5.41) is 3.50. The highest BCUT2D eigenvalue weighted by Crippen LogP contribution is 2.45. The molecule has 0 spiro atoms. The Balaban J connectivity index is 2.47. The lowest BCUT2D eigenvalue weighted by Crippen LogP contribution is -2.38. The SMILES string of the molecule is CNC1c2cc(C(C)C)ccc2CSC1(C)C. The standard InChI is InChI=1S/C15H23NS/c1-10(2)11-6-7-12-9-17-15(3,4)14(16-5)13(12)8-11/h6-8,10,14,16H,9H2,1-5H3. The lowest BCUT2D eigenvalue weighted by atomic mass is 9.88. The molecule has 0 saturated carbocycles. The van der Waals surface area contributed by atoms with Crippen molar-refractivity contribution in [1.29, 1.82) is 0 Å². The van der Waals surface area contributed by atoms with Gasteiger partial charge in [0, 0.05) is 16.5 Å². The van der Waals surface area contributed by atoms with E-state index in [-0.39, 0.29) is 4.75 Å². The van der Waals surface area contributed by atoms with Crippen molar-refractivity contribution in [3.8, 4) is 0 Å². The maximum absolute atomic E-state index is 3.50. The third kappa shape index (κ3) is 2.38. The molecule has 94 valence electrons. The van der Waals surface area contributed by atoms with Gasteiger partial charge in [0.05, 0.1) is 0 Å². The van der Waals surface area contributed by atoms with Crippen LogP contribution in [0, 0.1) is 0 Å². The monoisotopic (exact) mass is 249 g/mol. The van der Waals surface area contributed by atoms with Crippen molar-refractivity contribution in [2.75, 3.05) is 7.05 Å². The van der Waals surface area contributed by atoms with Crippen LogP contribution in [0.15, 0.2) is 18.2 Å². The Labute approximate surface area is 109 Å². The van der Waals surface area contributed by atoms with Crippen molar-refractivity contribution in [2.24, 2.45) is 0 Å². The molecule has 0 radical (unpaired) electrons. The van der Waals surface area contributed by atoms with Gasteiger partial charge in [-0.1, -0.05) is 32.0 Å². The summed E-state index contributed by atoms with van der Waals surface area (Å²) in [5.41, 5.74) is 4.45. The van der Waals surface area contributed by atoms with Crippen molar-refractivity contribution in [3.63, 3.8) is 0 Å². The highest BCUT2D eigenvalue weighted by atomic mass is 32.2. The van der Waals surface area contributed by atoms with Crippen molar-refractivity contribution < 1.29 is 0 Å². The summed E-state index contributed by atoms with van der Waals surface area (Å²) >= 11 is 2.05. The van der Waals surface area contributed by atoms with E-state index >= 15 is 0 Å². The number of hydrogen-bond donors (Lipinski definition) is 1. The van der Waals surface area contributed by atoms with Gasteiger partial charge in [-0.2, -0.15) is 0 Å². The molecule has 0 saturated heterocycles. The number of benzene rings is 1. The van der Waals surface area contributed by atoms with Crippen LogP contribution < -0.4 is 5.32 Å². The van der Waals surface area contributed by atoms with Crippen molar-refractivity contribution in [1.82, 2.24) is 5.32 Å². The van der Waals surface area contributed by atoms with E-state index < -0.39 is 0 Å². The van der Waals surface area contributed by atoms with Gasteiger partial charge >= 0.3 is 0 Å². The van der Waals surface area contributed by atoms with Crippen LogP contribution in [0.2, 0.25) is 0 Å². The fraction of sp³-hybridized carbons (Fsp3) is 0.600. The Morgan fingerprint density at radius 2 is 2.06 bits per heavy atom. The molecule has 1 aromatic rings. The van der Waals surface area contributed by atoms with Crippen molar-refractivity contribution in [2.45, 2.75) is 50.2 Å². The highest BCUT2D eigenvalue weighted by molar-refractivity contribution is 8.00. The van der Waals surface area contributed by atoms with Crippen LogP contribution in [0.5, 0.6) is 0 Å². The average molecular weight is 249 g/mol. The quantitative estimate of drug-likeness (QED) is 0.847. The molecular weight excluding hydrogens is 226 g/mol. The Morgan fingerprint density at radius 1 is 1.35 bits per heavy atom. The Morgan fingerprint density at radius 3 is 2.65 bits per heavy atom. The molecule has 0 aliphatic carbocycles. The summed E-state index contributed by atoms with van der Waals surface area (Å²) in [7, 11) is 2.07. The molecule has 1 aliphatic heterocycles. The van der Waals surface area contributed by atoms with Crippen LogP contribution in [-0.4, -0.2) is 11.8 Å². The van der Waals surface area contributed by atoms with Gasteiger partial charge in [-0.25, -0.2) is 0 Å². The lowest BCUT2D eigenvalue weighted by molar-refractivity contribution is 0.473. The normalized spacial score (nSPS) is 22.6. The van der Waals surface area contributed by atoms with Crippen LogP contribution in [0.4, 0.5) is 0 Å². The fourth-order valence-corrected chi connectivity index (χ4v) is 3.80. The van der Waals surface area contributed by atoms with E-state index in [2.05, 4.69) is 58.3 Å². The van der Waals surface area contributed by atoms with E-state index in [1.54, 1.807) is 0 Å². The molecule has 0 amide bonds. The van der Waals surface area contributed by atoms with Gasteiger partial charge in [0.25, 0.3) is 0 Å². The summed E-state index contributed by atoms with van der Waals surface area (Å²) in [4.78, 5) is 0. The highest BCUT2D eigenvalue weighted by Gasteiger charge is 2.35. The van der Waals surface area contributed by atoms with Crippen LogP contribution in [0.1, 0.15) is 56.3 Å².